The summed E-state index contributed by atoms with van der Waals surface area (Å²) in [5, 5.41) is 6.55. The summed E-state index contributed by atoms with van der Waals surface area (Å²) in [5.74, 6) is -0.318. The van der Waals surface area contributed by atoms with Gasteiger partial charge in [0.1, 0.15) is 0 Å². The summed E-state index contributed by atoms with van der Waals surface area (Å²) in [6.45, 7) is 2.16. The number of aromatic amines is 1. The van der Waals surface area contributed by atoms with Crippen LogP contribution in [-0.4, -0.2) is 22.5 Å². The molecule has 4 nitrogen and oxygen atoms in total. The quantitative estimate of drug-likeness (QED) is 0.471. The van der Waals surface area contributed by atoms with E-state index in [0.717, 1.165) is 43.0 Å². The van der Waals surface area contributed by atoms with E-state index in [1.807, 2.05) is 49.6 Å². The predicted octanol–water partition coefficient (Wildman–Crippen LogP) is 4.77. The maximum absolute atomic E-state index is 12.5. The molecule has 1 aliphatic carbocycles. The molecule has 0 radical (unpaired) electrons. The number of aromatic nitrogens is 2. The Labute approximate surface area is 149 Å². The van der Waals surface area contributed by atoms with E-state index in [2.05, 4.69) is 28.2 Å². The van der Waals surface area contributed by atoms with Crippen molar-refractivity contribution in [1.82, 2.24) is 9.97 Å². The minimum atomic E-state index is -0.318. The highest BCUT2D eigenvalue weighted by Gasteiger charge is 2.15. The zero-order valence-corrected chi connectivity index (χ0v) is 14.2. The van der Waals surface area contributed by atoms with Crippen molar-refractivity contribution in [2.75, 3.05) is 6.61 Å². The Bertz CT molecular complexity index is 1370. The molecule has 3 aromatic rings. The number of nitrogens with zero attached hydrogens (tertiary/aromatic N) is 1. The molecule has 0 amide bonds. The second-order valence-corrected chi connectivity index (χ2v) is 6.31. The Hall–Kier alpha value is -3.40. The van der Waals surface area contributed by atoms with Crippen molar-refractivity contribution in [1.29, 1.82) is 0 Å². The number of H-pyrrole nitrogens is 1. The molecule has 0 fully saturated rings. The number of ether oxygens (including phenoxy) is 1. The summed E-state index contributed by atoms with van der Waals surface area (Å²) in [5.41, 5.74) is 2.20. The van der Waals surface area contributed by atoms with Crippen LogP contribution in [0.15, 0.2) is 60.9 Å². The molecule has 126 valence electrons. The zero-order chi connectivity index (χ0) is 17.7. The van der Waals surface area contributed by atoms with Crippen LogP contribution in [-0.2, 0) is 4.74 Å². The number of carbonyl (C=O) groups is 1. The maximum atomic E-state index is 12.5. The molecule has 26 heavy (non-hydrogen) atoms. The fourth-order valence-electron chi connectivity index (χ4n) is 3.79. The highest BCUT2D eigenvalue weighted by atomic mass is 16.5. The monoisotopic (exact) mass is 340 g/mol. The SMILES string of the molecule is CCOC(=O)c1ccc2c3c1[nH]cc1nccc(cc4ccccc42)c1=3. The number of esters is 1. The molecule has 1 aromatic heterocycles. The van der Waals surface area contributed by atoms with E-state index in [1.54, 1.807) is 0 Å². The Kier molecular flexibility index (Phi) is 3.19. The molecule has 0 spiro atoms. The van der Waals surface area contributed by atoms with E-state index < -0.39 is 0 Å². The fraction of sp³-hybridized carbons (Fsp3) is 0.0909. The van der Waals surface area contributed by atoms with Crippen LogP contribution in [0, 0.1) is 10.4 Å². The molecule has 4 heteroatoms. The molecule has 2 aliphatic rings. The van der Waals surface area contributed by atoms with Crippen molar-refractivity contribution in [3.05, 3.63) is 76.9 Å². The lowest BCUT2D eigenvalue weighted by molar-refractivity contribution is 0.0528. The van der Waals surface area contributed by atoms with Gasteiger partial charge in [0.25, 0.3) is 0 Å². The summed E-state index contributed by atoms with van der Waals surface area (Å²) in [7, 11) is 0. The smallest absolute Gasteiger partial charge is 0.340 e. The molecule has 0 unspecified atom stereocenters. The normalized spacial score (nSPS) is 11.6. The molecular formula is C22H16N2O2. The van der Waals surface area contributed by atoms with Gasteiger partial charge in [-0.1, -0.05) is 30.3 Å². The van der Waals surface area contributed by atoms with Crippen LogP contribution in [0.2, 0.25) is 0 Å². The Morgan fingerprint density at radius 1 is 1.04 bits per heavy atom. The summed E-state index contributed by atoms with van der Waals surface area (Å²) in [6.07, 6.45) is 3.67. The minimum Gasteiger partial charge on any atom is -0.462 e. The number of hydrogen-bond donors (Lipinski definition) is 1. The first-order valence-electron chi connectivity index (χ1n) is 8.65. The molecule has 1 N–H and O–H groups in total. The van der Waals surface area contributed by atoms with E-state index in [4.69, 9.17) is 4.74 Å². The average molecular weight is 340 g/mol. The third-order valence-corrected chi connectivity index (χ3v) is 4.88. The predicted molar refractivity (Wildman–Crippen MR) is 102 cm³/mol. The van der Waals surface area contributed by atoms with Crippen LogP contribution in [0.4, 0.5) is 0 Å². The maximum Gasteiger partial charge on any atom is 0.340 e. The van der Waals surface area contributed by atoms with Gasteiger partial charge in [0, 0.05) is 22.8 Å². The van der Waals surface area contributed by atoms with Crippen molar-refractivity contribution in [3.8, 4) is 0 Å². The van der Waals surface area contributed by atoms with Crippen molar-refractivity contribution >= 4 is 38.5 Å². The Morgan fingerprint density at radius 3 is 2.81 bits per heavy atom. The largest absolute Gasteiger partial charge is 0.462 e. The number of hydrogen-bond acceptors (Lipinski definition) is 3. The summed E-state index contributed by atoms with van der Waals surface area (Å²) in [4.78, 5) is 20.3. The second-order valence-electron chi connectivity index (χ2n) is 6.31. The van der Waals surface area contributed by atoms with Crippen LogP contribution >= 0.6 is 0 Å². The topological polar surface area (TPSA) is 55.0 Å². The number of pyridine rings is 1. The number of carbonyl (C=O) groups excluding carboxylic acids is 1. The van der Waals surface area contributed by atoms with Crippen LogP contribution in [0.3, 0.4) is 0 Å². The van der Waals surface area contributed by atoms with Gasteiger partial charge in [0.15, 0.2) is 0 Å². The van der Waals surface area contributed by atoms with Crippen molar-refractivity contribution in [2.24, 2.45) is 0 Å². The number of rotatable bonds is 2. The van der Waals surface area contributed by atoms with Gasteiger partial charge in [-0.05, 0) is 46.7 Å². The van der Waals surface area contributed by atoms with E-state index in [1.165, 1.54) is 0 Å². The van der Waals surface area contributed by atoms with Crippen LogP contribution < -0.4 is 0 Å². The lowest BCUT2D eigenvalue weighted by Crippen LogP contribution is -2.06. The molecule has 0 bridgehead atoms. The molecule has 0 saturated heterocycles. The molecule has 2 heterocycles. The molecule has 5 rings (SSSR count). The molecular weight excluding hydrogens is 324 g/mol. The fourth-order valence-corrected chi connectivity index (χ4v) is 3.79. The van der Waals surface area contributed by atoms with Crippen LogP contribution in [0.1, 0.15) is 17.3 Å². The Morgan fingerprint density at radius 2 is 1.92 bits per heavy atom. The van der Waals surface area contributed by atoms with E-state index in [-0.39, 0.29) is 5.97 Å². The average Bonchev–Trinajstić information content (AvgIpc) is 2.81. The van der Waals surface area contributed by atoms with Crippen molar-refractivity contribution in [2.45, 2.75) is 6.92 Å². The van der Waals surface area contributed by atoms with E-state index >= 15 is 0 Å². The van der Waals surface area contributed by atoms with E-state index in [0.29, 0.717) is 12.2 Å². The molecule has 2 aromatic carbocycles. The summed E-state index contributed by atoms with van der Waals surface area (Å²) < 4.78 is 5.25. The lowest BCUT2D eigenvalue weighted by Gasteiger charge is -2.09. The summed E-state index contributed by atoms with van der Waals surface area (Å²) >= 11 is 0. The van der Waals surface area contributed by atoms with Gasteiger partial charge in [-0.25, -0.2) is 4.79 Å². The van der Waals surface area contributed by atoms with Gasteiger partial charge in [0.2, 0.25) is 0 Å². The highest BCUT2D eigenvalue weighted by molar-refractivity contribution is 6.06. The van der Waals surface area contributed by atoms with Gasteiger partial charge in [-0.15, -0.1) is 0 Å². The molecule has 1 aliphatic heterocycles. The van der Waals surface area contributed by atoms with Gasteiger partial charge >= 0.3 is 5.97 Å². The van der Waals surface area contributed by atoms with Gasteiger partial charge in [-0.3, -0.25) is 4.98 Å². The van der Waals surface area contributed by atoms with Gasteiger partial charge in [0.05, 0.1) is 23.2 Å². The zero-order valence-electron chi connectivity index (χ0n) is 14.2. The second kappa shape index (κ2) is 5.56. The minimum absolute atomic E-state index is 0.318. The third-order valence-electron chi connectivity index (χ3n) is 4.88. The Balaban J connectivity index is 2.14. The first-order valence-corrected chi connectivity index (χ1v) is 8.65. The van der Waals surface area contributed by atoms with Crippen LogP contribution in [0.5, 0.6) is 0 Å². The van der Waals surface area contributed by atoms with Gasteiger partial charge in [-0.2, -0.15) is 0 Å². The first kappa shape index (κ1) is 14.9. The standard InChI is InChI=1S/C22H16N2O2/c1-2-26-22(25)17-8-7-16-15-6-4-3-5-13(15)11-14-9-10-23-18-12-24-21(17)20(16)19(14)18/h3-12,24H,2H2,1H3. The van der Waals surface area contributed by atoms with Crippen molar-refractivity contribution in [3.63, 3.8) is 0 Å². The molecule has 0 atom stereocenters. The van der Waals surface area contributed by atoms with Crippen molar-refractivity contribution < 1.29 is 9.53 Å². The van der Waals surface area contributed by atoms with Gasteiger partial charge < -0.3 is 9.72 Å². The first-order chi connectivity index (χ1) is 12.8. The summed E-state index contributed by atoms with van der Waals surface area (Å²) in [6, 6.07) is 16.4. The van der Waals surface area contributed by atoms with Crippen LogP contribution in [0.25, 0.3) is 32.6 Å². The highest BCUT2D eigenvalue weighted by Crippen LogP contribution is 2.29. The number of nitrogens with one attached hydrogen (secondary N) is 1. The third kappa shape index (κ3) is 2.02. The molecule has 0 saturated carbocycles. The lowest BCUT2D eigenvalue weighted by atomic mass is 10.0. The number of fused-ring (bicyclic) bond motifs is 2. The van der Waals surface area contributed by atoms with E-state index in [9.17, 15) is 4.79 Å². The number of benzene rings is 2.